The third-order valence-corrected chi connectivity index (χ3v) is 3.08. The molecule has 96 valence electrons. The monoisotopic (exact) mass is 247 g/mol. The van der Waals surface area contributed by atoms with Gasteiger partial charge >= 0.3 is 5.97 Å². The van der Waals surface area contributed by atoms with Crippen LogP contribution >= 0.6 is 0 Å². The molecule has 1 aliphatic carbocycles. The van der Waals surface area contributed by atoms with Gasteiger partial charge in [-0.25, -0.2) is 0 Å². The number of carbonyl (C=O) groups excluding carboxylic acids is 1. The Bertz CT molecular complexity index is 466. The lowest BCUT2D eigenvalue weighted by Gasteiger charge is -2.21. The van der Waals surface area contributed by atoms with E-state index in [2.05, 4.69) is 0 Å². The largest absolute Gasteiger partial charge is 0.481 e. The van der Waals surface area contributed by atoms with Gasteiger partial charge in [0.2, 0.25) is 0 Å². The molecule has 0 radical (unpaired) electrons. The SMILES string of the molecule is Cc1cccc(C(=O)N(CCC(=O)O)C2CC2)c1. The number of benzene rings is 1. The molecule has 0 saturated heterocycles. The molecule has 18 heavy (non-hydrogen) atoms. The first-order valence-electron chi connectivity index (χ1n) is 6.17. The van der Waals surface area contributed by atoms with E-state index in [-0.39, 0.29) is 18.4 Å². The van der Waals surface area contributed by atoms with Crippen molar-refractivity contribution in [3.63, 3.8) is 0 Å². The van der Waals surface area contributed by atoms with Crippen LogP contribution in [0.4, 0.5) is 0 Å². The summed E-state index contributed by atoms with van der Waals surface area (Å²) < 4.78 is 0. The molecule has 1 aromatic rings. The molecule has 0 unspecified atom stereocenters. The molecule has 1 amide bonds. The Morgan fingerprint density at radius 3 is 2.67 bits per heavy atom. The van der Waals surface area contributed by atoms with E-state index in [1.807, 2.05) is 25.1 Å². The standard InChI is InChI=1S/C14H17NO3/c1-10-3-2-4-11(9-10)14(18)15(12-5-6-12)8-7-13(16)17/h2-4,9,12H,5-8H2,1H3,(H,16,17). The molecule has 1 saturated carbocycles. The zero-order chi connectivity index (χ0) is 13.1. The van der Waals surface area contributed by atoms with Crippen molar-refractivity contribution in [3.05, 3.63) is 35.4 Å². The van der Waals surface area contributed by atoms with E-state index in [9.17, 15) is 9.59 Å². The third-order valence-electron chi connectivity index (χ3n) is 3.08. The van der Waals surface area contributed by atoms with Crippen LogP contribution in [0.25, 0.3) is 0 Å². The molecule has 0 heterocycles. The number of carbonyl (C=O) groups is 2. The second-order valence-corrected chi connectivity index (χ2v) is 4.74. The van der Waals surface area contributed by atoms with Crippen LogP contribution in [0.5, 0.6) is 0 Å². The zero-order valence-corrected chi connectivity index (χ0v) is 10.4. The van der Waals surface area contributed by atoms with Gasteiger partial charge in [0.1, 0.15) is 0 Å². The van der Waals surface area contributed by atoms with Crippen LogP contribution in [0.2, 0.25) is 0 Å². The summed E-state index contributed by atoms with van der Waals surface area (Å²) in [6, 6.07) is 7.65. The molecule has 1 aliphatic rings. The number of amides is 1. The van der Waals surface area contributed by atoms with Crippen LogP contribution < -0.4 is 0 Å². The highest BCUT2D eigenvalue weighted by Gasteiger charge is 2.33. The maximum atomic E-state index is 12.3. The van der Waals surface area contributed by atoms with E-state index in [0.29, 0.717) is 12.1 Å². The van der Waals surface area contributed by atoms with Crippen LogP contribution in [-0.2, 0) is 4.79 Å². The summed E-state index contributed by atoms with van der Waals surface area (Å²) in [6.07, 6.45) is 1.97. The Labute approximate surface area is 106 Å². The van der Waals surface area contributed by atoms with E-state index >= 15 is 0 Å². The van der Waals surface area contributed by atoms with E-state index < -0.39 is 5.97 Å². The van der Waals surface area contributed by atoms with Crippen molar-refractivity contribution in [2.45, 2.75) is 32.2 Å². The summed E-state index contributed by atoms with van der Waals surface area (Å²) in [5, 5.41) is 8.72. The normalized spacial score (nSPS) is 14.3. The lowest BCUT2D eigenvalue weighted by molar-refractivity contribution is -0.137. The van der Waals surface area contributed by atoms with Crippen molar-refractivity contribution >= 4 is 11.9 Å². The molecule has 0 aliphatic heterocycles. The highest BCUT2D eigenvalue weighted by molar-refractivity contribution is 5.95. The van der Waals surface area contributed by atoms with E-state index in [1.165, 1.54) is 0 Å². The Balaban J connectivity index is 2.10. The second kappa shape index (κ2) is 5.21. The van der Waals surface area contributed by atoms with Crippen molar-refractivity contribution in [1.29, 1.82) is 0 Å². The molecule has 1 fully saturated rings. The number of carboxylic acids is 1. The summed E-state index contributed by atoms with van der Waals surface area (Å²) in [5.74, 6) is -0.917. The first-order valence-corrected chi connectivity index (χ1v) is 6.17. The lowest BCUT2D eigenvalue weighted by Crippen LogP contribution is -2.35. The fraction of sp³-hybridized carbons (Fsp3) is 0.429. The molecule has 0 aromatic heterocycles. The number of nitrogens with zero attached hydrogens (tertiary/aromatic N) is 1. The first kappa shape index (κ1) is 12.6. The molecular weight excluding hydrogens is 230 g/mol. The van der Waals surface area contributed by atoms with Crippen LogP contribution in [-0.4, -0.2) is 34.5 Å². The Kier molecular flexibility index (Phi) is 3.65. The Morgan fingerprint density at radius 1 is 1.39 bits per heavy atom. The topological polar surface area (TPSA) is 57.6 Å². The highest BCUT2D eigenvalue weighted by atomic mass is 16.4. The quantitative estimate of drug-likeness (QED) is 0.866. The van der Waals surface area contributed by atoms with E-state index in [4.69, 9.17) is 5.11 Å². The lowest BCUT2D eigenvalue weighted by atomic mass is 10.1. The fourth-order valence-electron chi connectivity index (χ4n) is 2.00. The molecular formula is C14H17NO3. The number of aliphatic carboxylic acids is 1. The number of rotatable bonds is 5. The molecule has 1 aromatic carbocycles. The molecule has 0 spiro atoms. The molecule has 4 heteroatoms. The van der Waals surface area contributed by atoms with Crippen molar-refractivity contribution in [3.8, 4) is 0 Å². The van der Waals surface area contributed by atoms with Gasteiger partial charge in [0.25, 0.3) is 5.91 Å². The minimum Gasteiger partial charge on any atom is -0.481 e. The fourth-order valence-corrected chi connectivity index (χ4v) is 2.00. The van der Waals surface area contributed by atoms with Gasteiger partial charge in [0.05, 0.1) is 6.42 Å². The van der Waals surface area contributed by atoms with E-state index in [1.54, 1.807) is 11.0 Å². The minimum absolute atomic E-state index is 0.00799. The number of carboxylic acid groups (broad SMARTS) is 1. The smallest absolute Gasteiger partial charge is 0.305 e. The van der Waals surface area contributed by atoms with Gasteiger partial charge < -0.3 is 10.0 Å². The van der Waals surface area contributed by atoms with Crippen LogP contribution in [0, 0.1) is 6.92 Å². The number of aryl methyl sites for hydroxylation is 1. The summed E-state index contributed by atoms with van der Waals surface area (Å²) in [5.41, 5.74) is 1.68. The van der Waals surface area contributed by atoms with Crippen molar-refractivity contribution < 1.29 is 14.7 Å². The number of hydrogen-bond donors (Lipinski definition) is 1. The van der Waals surface area contributed by atoms with E-state index in [0.717, 1.165) is 18.4 Å². The zero-order valence-electron chi connectivity index (χ0n) is 10.4. The van der Waals surface area contributed by atoms with Crippen LogP contribution in [0.1, 0.15) is 35.2 Å². The van der Waals surface area contributed by atoms with Gasteiger partial charge in [0.15, 0.2) is 0 Å². The van der Waals surface area contributed by atoms with Crippen molar-refractivity contribution in [2.24, 2.45) is 0 Å². The predicted molar refractivity (Wildman–Crippen MR) is 67.5 cm³/mol. The molecule has 2 rings (SSSR count). The molecule has 4 nitrogen and oxygen atoms in total. The maximum Gasteiger partial charge on any atom is 0.305 e. The highest BCUT2D eigenvalue weighted by Crippen LogP contribution is 2.28. The third kappa shape index (κ3) is 3.09. The van der Waals surface area contributed by atoms with Gasteiger partial charge in [-0.3, -0.25) is 9.59 Å². The number of hydrogen-bond acceptors (Lipinski definition) is 2. The predicted octanol–water partition coefficient (Wildman–Crippen LogP) is 2.07. The van der Waals surface area contributed by atoms with Gasteiger partial charge in [-0.15, -0.1) is 0 Å². The van der Waals surface area contributed by atoms with Gasteiger partial charge in [-0.05, 0) is 31.9 Å². The molecule has 0 atom stereocenters. The molecule has 1 N–H and O–H groups in total. The summed E-state index contributed by atoms with van der Waals surface area (Å²) >= 11 is 0. The van der Waals surface area contributed by atoms with Gasteiger partial charge in [0, 0.05) is 18.2 Å². The maximum absolute atomic E-state index is 12.3. The van der Waals surface area contributed by atoms with Crippen molar-refractivity contribution in [2.75, 3.05) is 6.54 Å². The summed E-state index contributed by atoms with van der Waals surface area (Å²) in [4.78, 5) is 24.6. The van der Waals surface area contributed by atoms with Gasteiger partial charge in [-0.2, -0.15) is 0 Å². The minimum atomic E-state index is -0.863. The van der Waals surface area contributed by atoms with Crippen LogP contribution in [0.15, 0.2) is 24.3 Å². The Morgan fingerprint density at radius 2 is 2.11 bits per heavy atom. The Hall–Kier alpha value is -1.84. The second-order valence-electron chi connectivity index (χ2n) is 4.74. The van der Waals surface area contributed by atoms with Crippen LogP contribution in [0.3, 0.4) is 0 Å². The average Bonchev–Trinajstić information content (AvgIpc) is 3.13. The first-order chi connectivity index (χ1) is 8.58. The molecule has 0 bridgehead atoms. The van der Waals surface area contributed by atoms with Crippen molar-refractivity contribution in [1.82, 2.24) is 4.90 Å². The van der Waals surface area contributed by atoms with Gasteiger partial charge in [-0.1, -0.05) is 17.7 Å². The average molecular weight is 247 g/mol. The summed E-state index contributed by atoms with van der Waals surface area (Å²) in [7, 11) is 0. The summed E-state index contributed by atoms with van der Waals surface area (Å²) in [6.45, 7) is 2.24.